The molecule has 2 aliphatic rings. The van der Waals surface area contributed by atoms with Crippen LogP contribution in [0.4, 0.5) is 5.69 Å². The molecule has 1 saturated heterocycles. The van der Waals surface area contributed by atoms with Gasteiger partial charge in [0.15, 0.2) is 0 Å². The lowest BCUT2D eigenvalue weighted by molar-refractivity contribution is 0.707. The molecule has 2 aromatic rings. The van der Waals surface area contributed by atoms with E-state index in [0.29, 0.717) is 6.04 Å². The maximum Gasteiger partial charge on any atom is 0.106 e. The number of anilines is 1. The molecule has 2 fully saturated rings. The second kappa shape index (κ2) is 5.45. The van der Waals surface area contributed by atoms with Crippen molar-refractivity contribution in [1.82, 2.24) is 4.98 Å². The van der Waals surface area contributed by atoms with Crippen molar-refractivity contribution in [3.8, 4) is 0 Å². The van der Waals surface area contributed by atoms with E-state index in [4.69, 9.17) is 0 Å². The molecule has 108 valence electrons. The highest BCUT2D eigenvalue weighted by atomic mass is 79.9. The Bertz CT molecular complexity index is 634. The zero-order valence-corrected chi connectivity index (χ0v) is 13.6. The van der Waals surface area contributed by atoms with Gasteiger partial charge in [0.1, 0.15) is 4.60 Å². The Balaban J connectivity index is 1.69. The molecule has 0 amide bonds. The first-order chi connectivity index (χ1) is 10.3. The first-order valence-corrected chi connectivity index (χ1v) is 8.59. The van der Waals surface area contributed by atoms with Crippen LogP contribution in [0.1, 0.15) is 48.8 Å². The summed E-state index contributed by atoms with van der Waals surface area (Å²) >= 11 is 3.42. The summed E-state index contributed by atoms with van der Waals surface area (Å²) < 4.78 is 0.903. The third-order valence-corrected chi connectivity index (χ3v) is 5.14. The van der Waals surface area contributed by atoms with Gasteiger partial charge in [-0.2, -0.15) is 0 Å². The maximum absolute atomic E-state index is 4.40. The van der Waals surface area contributed by atoms with Crippen molar-refractivity contribution in [2.45, 2.75) is 37.6 Å². The van der Waals surface area contributed by atoms with Crippen molar-refractivity contribution in [2.75, 3.05) is 11.4 Å². The SMILES string of the molecule is Brc1ccc(N2CCCC2c2ccccc2C2CC2)cn1. The summed E-state index contributed by atoms with van der Waals surface area (Å²) in [4.78, 5) is 6.93. The van der Waals surface area contributed by atoms with E-state index in [1.807, 2.05) is 12.3 Å². The third kappa shape index (κ3) is 2.59. The molecular formula is C18H19BrN2. The minimum absolute atomic E-state index is 0.518. The fourth-order valence-corrected chi connectivity index (χ4v) is 3.75. The zero-order valence-electron chi connectivity index (χ0n) is 12.0. The quantitative estimate of drug-likeness (QED) is 0.724. The Labute approximate surface area is 134 Å². The topological polar surface area (TPSA) is 16.1 Å². The van der Waals surface area contributed by atoms with Gasteiger partial charge in [0.25, 0.3) is 0 Å². The van der Waals surface area contributed by atoms with Crippen LogP contribution in [0.2, 0.25) is 0 Å². The summed E-state index contributed by atoms with van der Waals surface area (Å²) in [7, 11) is 0. The predicted molar refractivity (Wildman–Crippen MR) is 89.7 cm³/mol. The van der Waals surface area contributed by atoms with E-state index in [2.05, 4.69) is 56.1 Å². The fraction of sp³-hybridized carbons (Fsp3) is 0.389. The molecular weight excluding hydrogens is 324 g/mol. The van der Waals surface area contributed by atoms with E-state index < -0.39 is 0 Å². The molecule has 21 heavy (non-hydrogen) atoms. The number of hydrogen-bond acceptors (Lipinski definition) is 2. The van der Waals surface area contributed by atoms with Crippen LogP contribution < -0.4 is 4.90 Å². The summed E-state index contributed by atoms with van der Waals surface area (Å²) in [6, 6.07) is 13.8. The van der Waals surface area contributed by atoms with Crippen LogP contribution in [-0.2, 0) is 0 Å². The summed E-state index contributed by atoms with van der Waals surface area (Å²) in [5.41, 5.74) is 4.37. The Morgan fingerprint density at radius 1 is 1.00 bits per heavy atom. The van der Waals surface area contributed by atoms with Crippen LogP contribution in [0.3, 0.4) is 0 Å². The Hall–Kier alpha value is -1.35. The van der Waals surface area contributed by atoms with Gasteiger partial charge in [0, 0.05) is 6.54 Å². The van der Waals surface area contributed by atoms with Crippen LogP contribution in [0, 0.1) is 0 Å². The van der Waals surface area contributed by atoms with Gasteiger partial charge in [0.05, 0.1) is 17.9 Å². The minimum Gasteiger partial charge on any atom is -0.363 e. The maximum atomic E-state index is 4.40. The second-order valence-corrected chi connectivity index (χ2v) is 6.91. The molecule has 0 N–H and O–H groups in total. The molecule has 2 nitrogen and oxygen atoms in total. The van der Waals surface area contributed by atoms with Gasteiger partial charge >= 0.3 is 0 Å². The largest absolute Gasteiger partial charge is 0.363 e. The number of pyridine rings is 1. The van der Waals surface area contributed by atoms with Crippen molar-refractivity contribution in [3.05, 3.63) is 58.3 Å². The Kier molecular flexibility index (Phi) is 3.46. The average Bonchev–Trinajstić information content (AvgIpc) is 3.25. The normalized spacial score (nSPS) is 21.8. The molecule has 1 aliphatic heterocycles. The van der Waals surface area contributed by atoms with Gasteiger partial charge in [-0.15, -0.1) is 0 Å². The highest BCUT2D eigenvalue weighted by molar-refractivity contribution is 9.10. The highest BCUT2D eigenvalue weighted by Gasteiger charge is 2.32. The lowest BCUT2D eigenvalue weighted by Gasteiger charge is -2.28. The number of benzene rings is 1. The lowest BCUT2D eigenvalue weighted by Crippen LogP contribution is -2.23. The number of nitrogens with zero attached hydrogens (tertiary/aromatic N) is 2. The van der Waals surface area contributed by atoms with E-state index in [1.165, 1.54) is 31.4 Å². The number of halogens is 1. The van der Waals surface area contributed by atoms with E-state index in [9.17, 15) is 0 Å². The fourth-order valence-electron chi connectivity index (χ4n) is 3.52. The molecule has 4 rings (SSSR count). The minimum atomic E-state index is 0.518. The van der Waals surface area contributed by atoms with Gasteiger partial charge in [0.2, 0.25) is 0 Å². The van der Waals surface area contributed by atoms with Crippen molar-refractivity contribution in [1.29, 1.82) is 0 Å². The van der Waals surface area contributed by atoms with Gasteiger partial charge < -0.3 is 4.90 Å². The van der Waals surface area contributed by atoms with Crippen LogP contribution in [0.25, 0.3) is 0 Å². The zero-order chi connectivity index (χ0) is 14.2. The van der Waals surface area contributed by atoms with Gasteiger partial charge in [-0.05, 0) is 70.8 Å². The molecule has 1 unspecified atom stereocenters. The van der Waals surface area contributed by atoms with E-state index >= 15 is 0 Å². The molecule has 0 spiro atoms. The molecule has 3 heteroatoms. The van der Waals surface area contributed by atoms with Crippen LogP contribution in [0.15, 0.2) is 47.2 Å². The van der Waals surface area contributed by atoms with Gasteiger partial charge in [-0.1, -0.05) is 24.3 Å². The van der Waals surface area contributed by atoms with Crippen molar-refractivity contribution < 1.29 is 0 Å². The van der Waals surface area contributed by atoms with Crippen LogP contribution in [0.5, 0.6) is 0 Å². The van der Waals surface area contributed by atoms with Crippen molar-refractivity contribution in [3.63, 3.8) is 0 Å². The smallest absolute Gasteiger partial charge is 0.106 e. The van der Waals surface area contributed by atoms with E-state index in [-0.39, 0.29) is 0 Å². The van der Waals surface area contributed by atoms with Gasteiger partial charge in [-0.25, -0.2) is 4.98 Å². The molecule has 1 aromatic carbocycles. The first kappa shape index (κ1) is 13.3. The summed E-state index contributed by atoms with van der Waals surface area (Å²) in [6.45, 7) is 1.13. The lowest BCUT2D eigenvalue weighted by atomic mass is 9.95. The predicted octanol–water partition coefficient (Wildman–Crippen LogP) is 5.06. The standard InChI is InChI=1S/C18H19BrN2/c19-18-10-9-14(12-20-18)21-11-3-6-17(21)16-5-2-1-4-15(16)13-7-8-13/h1-2,4-5,9-10,12-13,17H,3,6-8,11H2. The molecule has 0 radical (unpaired) electrons. The molecule has 1 aromatic heterocycles. The van der Waals surface area contributed by atoms with Gasteiger partial charge in [-0.3, -0.25) is 0 Å². The summed E-state index contributed by atoms with van der Waals surface area (Å²) in [5.74, 6) is 0.812. The van der Waals surface area contributed by atoms with E-state index in [0.717, 1.165) is 17.1 Å². The molecule has 1 saturated carbocycles. The molecule has 0 bridgehead atoms. The highest BCUT2D eigenvalue weighted by Crippen LogP contribution is 2.46. The summed E-state index contributed by atoms with van der Waals surface area (Å²) in [6.07, 6.45) is 7.23. The van der Waals surface area contributed by atoms with Crippen LogP contribution >= 0.6 is 15.9 Å². The molecule has 1 aliphatic carbocycles. The monoisotopic (exact) mass is 342 g/mol. The average molecular weight is 343 g/mol. The molecule has 1 atom stereocenters. The molecule has 2 heterocycles. The first-order valence-electron chi connectivity index (χ1n) is 7.80. The third-order valence-electron chi connectivity index (χ3n) is 4.67. The number of hydrogen-bond donors (Lipinski definition) is 0. The summed E-state index contributed by atoms with van der Waals surface area (Å²) in [5, 5.41) is 0. The number of aromatic nitrogens is 1. The van der Waals surface area contributed by atoms with Crippen molar-refractivity contribution >= 4 is 21.6 Å². The Morgan fingerprint density at radius 3 is 2.52 bits per heavy atom. The van der Waals surface area contributed by atoms with E-state index in [1.54, 1.807) is 11.1 Å². The van der Waals surface area contributed by atoms with Crippen molar-refractivity contribution in [2.24, 2.45) is 0 Å². The number of rotatable bonds is 3. The Morgan fingerprint density at radius 2 is 1.81 bits per heavy atom. The van der Waals surface area contributed by atoms with Crippen LogP contribution in [-0.4, -0.2) is 11.5 Å². The second-order valence-electron chi connectivity index (χ2n) is 6.09.